The second-order valence-electron chi connectivity index (χ2n) is 8.06. The van der Waals surface area contributed by atoms with Crippen LogP contribution in [0, 0.1) is 11.6 Å². The molecule has 3 rings (SSSR count). The highest BCUT2D eigenvalue weighted by Gasteiger charge is 2.27. The van der Waals surface area contributed by atoms with Gasteiger partial charge in [0.1, 0.15) is 28.4 Å². The van der Waals surface area contributed by atoms with Crippen LogP contribution in [0.15, 0.2) is 47.4 Å². The molecule has 1 aromatic heterocycles. The standard InChI is InChI=1S/C24H27F2N5O5S2/c1-3-4-12-36-23(33)18(13-28-2)31-38(34,35)15-10-8-14(9-11-15)29-24-30-22(27)21(37-24)20(32)19-16(25)6-5-7-17(19)26/h5-11,18,28,31H,3-4,12-13,27H2,1-2H3,(H,29,30). The third-order valence-electron chi connectivity index (χ3n) is 5.20. The molecule has 0 saturated carbocycles. The summed E-state index contributed by atoms with van der Waals surface area (Å²) in [5, 5.41) is 5.79. The van der Waals surface area contributed by atoms with E-state index >= 15 is 0 Å². The summed E-state index contributed by atoms with van der Waals surface area (Å²) in [5.74, 6) is -3.88. The first-order chi connectivity index (χ1) is 18.1. The lowest BCUT2D eigenvalue weighted by molar-refractivity contribution is -0.145. The maximum absolute atomic E-state index is 14.0. The van der Waals surface area contributed by atoms with Crippen molar-refractivity contribution in [2.24, 2.45) is 0 Å². The number of carbonyl (C=O) groups excluding carboxylic acids is 2. The van der Waals surface area contributed by atoms with Crippen LogP contribution >= 0.6 is 11.3 Å². The number of aromatic nitrogens is 1. The molecule has 0 aliphatic rings. The third kappa shape index (κ3) is 7.10. The maximum Gasteiger partial charge on any atom is 0.325 e. The highest BCUT2D eigenvalue weighted by molar-refractivity contribution is 7.89. The van der Waals surface area contributed by atoms with Crippen molar-refractivity contribution in [3.05, 3.63) is 64.5 Å². The zero-order chi connectivity index (χ0) is 27.9. The molecule has 1 unspecified atom stereocenters. The molecule has 14 heteroatoms. The van der Waals surface area contributed by atoms with Crippen molar-refractivity contribution in [1.29, 1.82) is 0 Å². The van der Waals surface area contributed by atoms with E-state index < -0.39 is 45.0 Å². The summed E-state index contributed by atoms with van der Waals surface area (Å²) in [4.78, 5) is 28.7. The van der Waals surface area contributed by atoms with Crippen LogP contribution in [-0.2, 0) is 19.6 Å². The van der Waals surface area contributed by atoms with Gasteiger partial charge in [0, 0.05) is 12.2 Å². The van der Waals surface area contributed by atoms with Gasteiger partial charge in [-0.3, -0.25) is 9.59 Å². The number of anilines is 3. The third-order valence-corrected chi connectivity index (χ3v) is 7.67. The Morgan fingerprint density at radius 2 is 1.79 bits per heavy atom. The van der Waals surface area contributed by atoms with Crippen LogP contribution in [0.1, 0.15) is 35.0 Å². The Kier molecular flexibility index (Phi) is 9.85. The SMILES string of the molecule is CCCCOC(=O)C(CNC)NS(=O)(=O)c1ccc(Nc2nc(N)c(C(=O)c3c(F)cccc3F)s2)cc1. The van der Waals surface area contributed by atoms with Crippen LogP contribution in [0.2, 0.25) is 0 Å². The number of hydrogen-bond donors (Lipinski definition) is 4. The smallest absolute Gasteiger partial charge is 0.325 e. The number of nitrogens with one attached hydrogen (secondary N) is 3. The number of nitrogen functional groups attached to an aromatic ring is 1. The van der Waals surface area contributed by atoms with Crippen molar-refractivity contribution in [3.8, 4) is 0 Å². The molecule has 0 fully saturated rings. The molecule has 204 valence electrons. The number of ether oxygens (including phenoxy) is 1. The van der Waals surface area contributed by atoms with Crippen molar-refractivity contribution in [2.45, 2.75) is 30.7 Å². The Bertz CT molecular complexity index is 1380. The van der Waals surface area contributed by atoms with Gasteiger partial charge < -0.3 is 21.1 Å². The lowest BCUT2D eigenvalue weighted by Gasteiger charge is -2.17. The van der Waals surface area contributed by atoms with Crippen LogP contribution < -0.4 is 21.1 Å². The fourth-order valence-electron chi connectivity index (χ4n) is 3.27. The lowest BCUT2D eigenvalue weighted by atomic mass is 10.1. The summed E-state index contributed by atoms with van der Waals surface area (Å²) in [6, 6.07) is 7.45. The van der Waals surface area contributed by atoms with Crippen molar-refractivity contribution >= 4 is 49.7 Å². The van der Waals surface area contributed by atoms with Gasteiger partial charge in [0.25, 0.3) is 0 Å². The highest BCUT2D eigenvalue weighted by atomic mass is 32.2. The monoisotopic (exact) mass is 567 g/mol. The first-order valence-corrected chi connectivity index (χ1v) is 13.8. The number of rotatable bonds is 13. The van der Waals surface area contributed by atoms with Gasteiger partial charge in [-0.25, -0.2) is 22.2 Å². The van der Waals surface area contributed by atoms with Gasteiger partial charge in [-0.05, 0) is 49.9 Å². The number of halogens is 2. The van der Waals surface area contributed by atoms with E-state index in [1.54, 1.807) is 7.05 Å². The molecular weight excluding hydrogens is 540 g/mol. The summed E-state index contributed by atoms with van der Waals surface area (Å²) < 4.78 is 61.2. The molecule has 5 N–H and O–H groups in total. The number of carbonyl (C=O) groups is 2. The molecule has 3 aromatic rings. The van der Waals surface area contributed by atoms with E-state index in [0.29, 0.717) is 12.1 Å². The predicted molar refractivity (Wildman–Crippen MR) is 140 cm³/mol. The molecule has 0 amide bonds. The number of benzene rings is 2. The van der Waals surface area contributed by atoms with E-state index in [2.05, 4.69) is 20.3 Å². The summed E-state index contributed by atoms with van der Waals surface area (Å²) in [5.41, 5.74) is 5.48. The Morgan fingerprint density at radius 1 is 1.13 bits per heavy atom. The summed E-state index contributed by atoms with van der Waals surface area (Å²) in [7, 11) is -2.49. The van der Waals surface area contributed by atoms with Crippen molar-refractivity contribution < 1.29 is 31.5 Å². The zero-order valence-electron chi connectivity index (χ0n) is 20.6. The van der Waals surface area contributed by atoms with E-state index in [0.717, 1.165) is 36.0 Å². The lowest BCUT2D eigenvalue weighted by Crippen LogP contribution is -2.47. The Labute approximate surface area is 222 Å². The minimum atomic E-state index is -4.07. The minimum absolute atomic E-state index is 0.0349. The first kappa shape index (κ1) is 29.1. The quantitative estimate of drug-likeness (QED) is 0.139. The number of unbranched alkanes of at least 4 members (excludes halogenated alkanes) is 1. The minimum Gasteiger partial charge on any atom is -0.464 e. The molecule has 0 aliphatic carbocycles. The van der Waals surface area contributed by atoms with Crippen molar-refractivity contribution in [1.82, 2.24) is 15.0 Å². The number of ketones is 1. The van der Waals surface area contributed by atoms with E-state index in [-0.39, 0.29) is 33.9 Å². The van der Waals surface area contributed by atoms with Gasteiger partial charge >= 0.3 is 5.97 Å². The number of nitrogens with two attached hydrogens (primary N) is 1. The average Bonchev–Trinajstić information content (AvgIpc) is 3.23. The number of thiazole rings is 1. The van der Waals surface area contributed by atoms with E-state index in [9.17, 15) is 26.8 Å². The predicted octanol–water partition coefficient (Wildman–Crippen LogP) is 3.19. The molecule has 38 heavy (non-hydrogen) atoms. The van der Waals surface area contributed by atoms with Crippen molar-refractivity contribution in [2.75, 3.05) is 31.2 Å². The van der Waals surface area contributed by atoms with Crippen LogP contribution in [0.25, 0.3) is 0 Å². The largest absolute Gasteiger partial charge is 0.464 e. The first-order valence-electron chi connectivity index (χ1n) is 11.5. The number of likely N-dealkylation sites (N-methyl/N-ethyl adjacent to an activating group) is 1. The number of hydrogen-bond acceptors (Lipinski definition) is 10. The van der Waals surface area contributed by atoms with Gasteiger partial charge in [-0.2, -0.15) is 4.72 Å². The van der Waals surface area contributed by atoms with Crippen LogP contribution in [-0.4, -0.2) is 51.4 Å². The van der Waals surface area contributed by atoms with Crippen molar-refractivity contribution in [3.63, 3.8) is 0 Å². The Hall–Kier alpha value is -3.46. The van der Waals surface area contributed by atoms with Gasteiger partial charge in [0.2, 0.25) is 15.8 Å². The average molecular weight is 568 g/mol. The molecule has 0 spiro atoms. The maximum atomic E-state index is 14.0. The number of nitrogens with zero attached hydrogens (tertiary/aromatic N) is 1. The molecule has 0 saturated heterocycles. The Balaban J connectivity index is 1.72. The molecule has 0 aliphatic heterocycles. The number of sulfonamides is 1. The molecule has 1 atom stereocenters. The normalized spacial score (nSPS) is 12.2. The fraction of sp³-hybridized carbons (Fsp3) is 0.292. The number of esters is 1. The molecule has 10 nitrogen and oxygen atoms in total. The van der Waals surface area contributed by atoms with Gasteiger partial charge in [0.05, 0.1) is 17.1 Å². The van der Waals surface area contributed by atoms with Crippen LogP contribution in [0.4, 0.5) is 25.4 Å². The summed E-state index contributed by atoms with van der Waals surface area (Å²) in [6.07, 6.45) is 1.49. The van der Waals surface area contributed by atoms with Crippen LogP contribution in [0.3, 0.4) is 0 Å². The van der Waals surface area contributed by atoms with E-state index in [1.165, 1.54) is 24.3 Å². The van der Waals surface area contributed by atoms with E-state index in [4.69, 9.17) is 10.5 Å². The Morgan fingerprint density at radius 3 is 2.39 bits per heavy atom. The van der Waals surface area contributed by atoms with E-state index in [1.807, 2.05) is 6.92 Å². The second-order valence-corrected chi connectivity index (χ2v) is 10.8. The van der Waals surface area contributed by atoms with Crippen LogP contribution in [0.5, 0.6) is 0 Å². The van der Waals surface area contributed by atoms with Gasteiger partial charge in [0.15, 0.2) is 5.13 Å². The van der Waals surface area contributed by atoms with Gasteiger partial charge in [-0.1, -0.05) is 30.7 Å². The highest BCUT2D eigenvalue weighted by Crippen LogP contribution is 2.31. The second kappa shape index (κ2) is 12.9. The topological polar surface area (TPSA) is 153 Å². The molecule has 0 bridgehead atoms. The molecule has 0 radical (unpaired) electrons. The van der Waals surface area contributed by atoms with Gasteiger partial charge in [-0.15, -0.1) is 0 Å². The molecular formula is C24H27F2N5O5S2. The fourth-order valence-corrected chi connectivity index (χ4v) is 5.30. The molecule has 1 heterocycles. The molecule has 2 aromatic carbocycles. The zero-order valence-corrected chi connectivity index (χ0v) is 22.2. The summed E-state index contributed by atoms with van der Waals surface area (Å²) in [6.45, 7) is 2.17. The summed E-state index contributed by atoms with van der Waals surface area (Å²) >= 11 is 0.790.